The molecule has 0 atom stereocenters. The van der Waals surface area contributed by atoms with Gasteiger partial charge in [-0.15, -0.1) is 0 Å². The molecule has 0 fully saturated rings. The van der Waals surface area contributed by atoms with Gasteiger partial charge in [-0.1, -0.05) is 15.9 Å². The molecule has 2 aromatic carbocycles. The van der Waals surface area contributed by atoms with Crippen molar-refractivity contribution in [2.75, 3.05) is 5.32 Å². The third-order valence-electron chi connectivity index (χ3n) is 2.30. The maximum atomic E-state index is 13.1. The average Bonchev–Trinajstić information content (AvgIpc) is 2.36. The van der Waals surface area contributed by atoms with Gasteiger partial charge in [-0.2, -0.15) is 5.26 Å². The van der Waals surface area contributed by atoms with E-state index < -0.39 is 0 Å². The Morgan fingerprint density at radius 3 is 2.56 bits per heavy atom. The topological polar surface area (TPSA) is 35.8 Å². The number of rotatable bonds is 2. The van der Waals surface area contributed by atoms with Crippen LogP contribution in [0.5, 0.6) is 0 Å². The van der Waals surface area contributed by atoms with Crippen LogP contribution in [0.25, 0.3) is 0 Å². The monoisotopic (exact) mass is 368 g/mol. The highest BCUT2D eigenvalue weighted by Crippen LogP contribution is 2.26. The molecule has 0 bridgehead atoms. The molecular formula is C13H7Br2FN2. The van der Waals surface area contributed by atoms with Crippen molar-refractivity contribution in [1.82, 2.24) is 0 Å². The van der Waals surface area contributed by atoms with E-state index in [1.165, 1.54) is 6.07 Å². The lowest BCUT2D eigenvalue weighted by Gasteiger charge is -2.09. The van der Waals surface area contributed by atoms with Crippen molar-refractivity contribution in [1.29, 1.82) is 5.26 Å². The summed E-state index contributed by atoms with van der Waals surface area (Å²) < 4.78 is 14.3. The van der Waals surface area contributed by atoms with E-state index >= 15 is 0 Å². The van der Waals surface area contributed by atoms with E-state index in [9.17, 15) is 4.39 Å². The number of halogens is 3. The molecule has 0 unspecified atom stereocenters. The van der Waals surface area contributed by atoms with E-state index in [-0.39, 0.29) is 5.82 Å². The van der Waals surface area contributed by atoms with Gasteiger partial charge in [-0.05, 0) is 52.3 Å². The van der Waals surface area contributed by atoms with Crippen LogP contribution in [0.2, 0.25) is 0 Å². The SMILES string of the molecule is N#Cc1cc(Br)ccc1Nc1ccc(F)c(Br)c1. The molecule has 1 N–H and O–H groups in total. The summed E-state index contributed by atoms with van der Waals surface area (Å²) >= 11 is 6.43. The summed E-state index contributed by atoms with van der Waals surface area (Å²) in [7, 11) is 0. The maximum absolute atomic E-state index is 13.1. The minimum Gasteiger partial charge on any atom is -0.354 e. The van der Waals surface area contributed by atoms with E-state index in [1.54, 1.807) is 24.3 Å². The van der Waals surface area contributed by atoms with Crippen LogP contribution in [0.1, 0.15) is 5.56 Å². The Hall–Kier alpha value is -1.38. The standard InChI is InChI=1S/C13H7Br2FN2/c14-9-1-4-13(8(5-9)7-17)18-10-2-3-12(16)11(15)6-10/h1-6,18H. The lowest BCUT2D eigenvalue weighted by atomic mass is 10.2. The van der Waals surface area contributed by atoms with Gasteiger partial charge in [0.2, 0.25) is 0 Å². The van der Waals surface area contributed by atoms with Crippen molar-refractivity contribution in [3.05, 3.63) is 56.7 Å². The van der Waals surface area contributed by atoms with Crippen LogP contribution in [0.3, 0.4) is 0 Å². The Morgan fingerprint density at radius 1 is 1.11 bits per heavy atom. The van der Waals surface area contributed by atoms with Gasteiger partial charge in [0.1, 0.15) is 11.9 Å². The Kier molecular flexibility index (Phi) is 4.00. The van der Waals surface area contributed by atoms with Crippen LogP contribution < -0.4 is 5.32 Å². The van der Waals surface area contributed by atoms with Gasteiger partial charge in [0.15, 0.2) is 0 Å². The summed E-state index contributed by atoms with van der Waals surface area (Å²) in [5.41, 5.74) is 1.91. The van der Waals surface area contributed by atoms with Gasteiger partial charge in [-0.25, -0.2) is 4.39 Å². The highest BCUT2D eigenvalue weighted by molar-refractivity contribution is 9.10. The molecule has 0 radical (unpaired) electrons. The second-order valence-corrected chi connectivity index (χ2v) is 5.33. The van der Waals surface area contributed by atoms with Crippen molar-refractivity contribution in [3.8, 4) is 6.07 Å². The van der Waals surface area contributed by atoms with E-state index in [0.29, 0.717) is 21.4 Å². The molecule has 0 spiro atoms. The largest absolute Gasteiger partial charge is 0.354 e. The van der Waals surface area contributed by atoms with Gasteiger partial charge in [-0.3, -0.25) is 0 Å². The highest BCUT2D eigenvalue weighted by Gasteiger charge is 2.05. The number of nitrogens with one attached hydrogen (secondary N) is 1. The Balaban J connectivity index is 2.34. The first-order chi connectivity index (χ1) is 8.60. The van der Waals surface area contributed by atoms with Gasteiger partial charge < -0.3 is 5.32 Å². The summed E-state index contributed by atoms with van der Waals surface area (Å²) in [6, 6.07) is 12.1. The van der Waals surface area contributed by atoms with Gasteiger partial charge >= 0.3 is 0 Å². The zero-order valence-corrected chi connectivity index (χ0v) is 12.2. The van der Waals surface area contributed by atoms with E-state index in [0.717, 1.165) is 4.47 Å². The van der Waals surface area contributed by atoms with Gasteiger partial charge in [0.25, 0.3) is 0 Å². The normalized spacial score (nSPS) is 9.89. The summed E-state index contributed by atoms with van der Waals surface area (Å²) in [5.74, 6) is -0.322. The van der Waals surface area contributed by atoms with Crippen LogP contribution in [0.15, 0.2) is 45.3 Å². The lowest BCUT2D eigenvalue weighted by Crippen LogP contribution is -1.94. The third kappa shape index (κ3) is 2.89. The fourth-order valence-electron chi connectivity index (χ4n) is 1.45. The maximum Gasteiger partial charge on any atom is 0.137 e. The second-order valence-electron chi connectivity index (χ2n) is 3.56. The molecule has 0 saturated carbocycles. The van der Waals surface area contributed by atoms with Crippen LogP contribution in [0.4, 0.5) is 15.8 Å². The zero-order chi connectivity index (χ0) is 13.1. The highest BCUT2D eigenvalue weighted by atomic mass is 79.9. The first-order valence-electron chi connectivity index (χ1n) is 5.02. The molecule has 2 nitrogen and oxygen atoms in total. The second kappa shape index (κ2) is 5.51. The minimum absolute atomic E-state index is 0.322. The summed E-state index contributed by atoms with van der Waals surface area (Å²) in [6.45, 7) is 0. The van der Waals surface area contributed by atoms with E-state index in [4.69, 9.17) is 5.26 Å². The van der Waals surface area contributed by atoms with Gasteiger partial charge in [0, 0.05) is 10.2 Å². The third-order valence-corrected chi connectivity index (χ3v) is 3.40. The zero-order valence-electron chi connectivity index (χ0n) is 9.05. The van der Waals surface area contributed by atoms with Crippen molar-refractivity contribution in [2.45, 2.75) is 0 Å². The van der Waals surface area contributed by atoms with Crippen molar-refractivity contribution in [3.63, 3.8) is 0 Å². The molecule has 0 aromatic heterocycles. The fraction of sp³-hybridized carbons (Fsp3) is 0. The molecule has 0 heterocycles. The van der Waals surface area contributed by atoms with Crippen LogP contribution in [0, 0.1) is 17.1 Å². The van der Waals surface area contributed by atoms with Crippen molar-refractivity contribution >= 4 is 43.2 Å². The molecule has 18 heavy (non-hydrogen) atoms. The molecule has 5 heteroatoms. The number of hydrogen-bond acceptors (Lipinski definition) is 2. The number of nitrogens with zero attached hydrogens (tertiary/aromatic N) is 1. The lowest BCUT2D eigenvalue weighted by molar-refractivity contribution is 0.621. The summed E-state index contributed by atoms with van der Waals surface area (Å²) in [6.07, 6.45) is 0. The molecule has 0 saturated heterocycles. The Bertz CT molecular complexity index is 635. The molecule has 0 aliphatic carbocycles. The Morgan fingerprint density at radius 2 is 1.89 bits per heavy atom. The van der Waals surface area contributed by atoms with Gasteiger partial charge in [0.05, 0.1) is 15.7 Å². The number of anilines is 2. The molecule has 0 aliphatic heterocycles. The predicted octanol–water partition coefficient (Wildman–Crippen LogP) is 4.97. The molecule has 2 aromatic rings. The molecule has 90 valence electrons. The minimum atomic E-state index is -0.322. The van der Waals surface area contributed by atoms with E-state index in [1.807, 2.05) is 6.07 Å². The van der Waals surface area contributed by atoms with Crippen molar-refractivity contribution < 1.29 is 4.39 Å². The average molecular weight is 370 g/mol. The fourth-order valence-corrected chi connectivity index (χ4v) is 2.19. The first kappa shape index (κ1) is 13.1. The Labute approximate surface area is 121 Å². The van der Waals surface area contributed by atoms with Crippen LogP contribution in [-0.4, -0.2) is 0 Å². The van der Waals surface area contributed by atoms with Crippen LogP contribution in [-0.2, 0) is 0 Å². The molecule has 0 aliphatic rings. The quantitative estimate of drug-likeness (QED) is 0.811. The molecular weight excluding hydrogens is 363 g/mol. The number of hydrogen-bond donors (Lipinski definition) is 1. The van der Waals surface area contributed by atoms with E-state index in [2.05, 4.69) is 43.2 Å². The molecule has 0 amide bonds. The summed E-state index contributed by atoms with van der Waals surface area (Å²) in [4.78, 5) is 0. The number of nitriles is 1. The van der Waals surface area contributed by atoms with Crippen molar-refractivity contribution in [2.24, 2.45) is 0 Å². The first-order valence-corrected chi connectivity index (χ1v) is 6.60. The molecule has 2 rings (SSSR count). The smallest absolute Gasteiger partial charge is 0.137 e. The summed E-state index contributed by atoms with van der Waals surface area (Å²) in [5, 5.41) is 12.1. The number of benzene rings is 2. The van der Waals surface area contributed by atoms with Crippen LogP contribution >= 0.6 is 31.9 Å². The predicted molar refractivity (Wildman–Crippen MR) is 76.2 cm³/mol.